The van der Waals surface area contributed by atoms with Gasteiger partial charge in [0.2, 0.25) is 0 Å². The summed E-state index contributed by atoms with van der Waals surface area (Å²) in [7, 11) is -3.20. The Labute approximate surface area is 76.3 Å². The van der Waals surface area contributed by atoms with Crippen molar-refractivity contribution in [3.05, 3.63) is 0 Å². The zero-order chi connectivity index (χ0) is 8.70. The lowest BCUT2D eigenvalue weighted by atomic mass is 10.0. The van der Waals surface area contributed by atoms with Crippen LogP contribution in [0.25, 0.3) is 0 Å². The summed E-state index contributed by atoms with van der Waals surface area (Å²) in [6, 6.07) is 0. The standard InChI is InChI=1S/C5H9NO4S.ClH/c6-5(4(7)8)1-2-11(9,10)3-5;/h1-3,6H2,(H,7,8);1H. The second kappa shape index (κ2) is 3.20. The van der Waals surface area contributed by atoms with Crippen molar-refractivity contribution < 1.29 is 18.3 Å². The fourth-order valence-electron chi connectivity index (χ4n) is 1.04. The van der Waals surface area contributed by atoms with E-state index >= 15 is 0 Å². The minimum absolute atomic E-state index is 0. The lowest BCUT2D eigenvalue weighted by Gasteiger charge is -2.14. The van der Waals surface area contributed by atoms with Gasteiger partial charge in [-0.05, 0) is 6.42 Å². The smallest absolute Gasteiger partial charge is 0.324 e. The van der Waals surface area contributed by atoms with Crippen LogP contribution in [0.1, 0.15) is 6.42 Å². The first-order valence-electron chi connectivity index (χ1n) is 3.08. The summed E-state index contributed by atoms with van der Waals surface area (Å²) < 4.78 is 21.6. The van der Waals surface area contributed by atoms with Gasteiger partial charge < -0.3 is 10.8 Å². The predicted octanol–water partition coefficient (Wildman–Crippen LogP) is -0.991. The number of aliphatic carboxylic acids is 1. The largest absolute Gasteiger partial charge is 0.480 e. The highest BCUT2D eigenvalue weighted by molar-refractivity contribution is 7.91. The van der Waals surface area contributed by atoms with Crippen LogP contribution in [0.15, 0.2) is 0 Å². The summed E-state index contributed by atoms with van der Waals surface area (Å²) in [5, 5.41) is 8.52. The number of carbonyl (C=O) groups is 1. The number of rotatable bonds is 1. The van der Waals surface area contributed by atoms with Gasteiger partial charge in [-0.25, -0.2) is 8.42 Å². The van der Waals surface area contributed by atoms with Gasteiger partial charge in [-0.2, -0.15) is 0 Å². The van der Waals surface area contributed by atoms with Crippen molar-refractivity contribution in [2.45, 2.75) is 12.0 Å². The summed E-state index contributed by atoms with van der Waals surface area (Å²) in [5.41, 5.74) is 3.76. The topological polar surface area (TPSA) is 97.5 Å². The minimum atomic E-state index is -3.20. The number of carboxylic acids is 1. The SMILES string of the molecule is Cl.NC1(C(=O)O)CCS(=O)(=O)C1. The van der Waals surface area contributed by atoms with E-state index in [2.05, 4.69) is 0 Å². The van der Waals surface area contributed by atoms with Crippen molar-refractivity contribution in [1.29, 1.82) is 0 Å². The molecule has 0 saturated carbocycles. The van der Waals surface area contributed by atoms with Gasteiger partial charge in [0, 0.05) is 0 Å². The number of hydrogen-bond acceptors (Lipinski definition) is 4. The van der Waals surface area contributed by atoms with Crippen molar-refractivity contribution >= 4 is 28.2 Å². The summed E-state index contributed by atoms with van der Waals surface area (Å²) >= 11 is 0. The first-order valence-corrected chi connectivity index (χ1v) is 4.91. The Hall–Kier alpha value is -0.330. The Kier molecular flexibility index (Phi) is 3.11. The summed E-state index contributed by atoms with van der Waals surface area (Å²) in [6.07, 6.45) is 0.0185. The van der Waals surface area contributed by atoms with Crippen molar-refractivity contribution in [3.63, 3.8) is 0 Å². The summed E-state index contributed by atoms with van der Waals surface area (Å²) in [5.74, 6) is -1.79. The van der Waals surface area contributed by atoms with E-state index in [4.69, 9.17) is 10.8 Å². The molecule has 3 N–H and O–H groups in total. The Morgan fingerprint density at radius 3 is 2.17 bits per heavy atom. The monoisotopic (exact) mass is 215 g/mol. The highest BCUT2D eigenvalue weighted by Crippen LogP contribution is 2.20. The fourth-order valence-corrected chi connectivity index (χ4v) is 2.92. The lowest BCUT2D eigenvalue weighted by molar-refractivity contribution is -0.142. The Bertz CT molecular complexity index is 288. The number of nitrogens with two attached hydrogens (primary N) is 1. The molecule has 1 atom stereocenters. The molecule has 1 aliphatic rings. The summed E-state index contributed by atoms with van der Waals surface area (Å²) in [6.45, 7) is 0. The van der Waals surface area contributed by atoms with Crippen LogP contribution in [-0.2, 0) is 14.6 Å². The third kappa shape index (κ3) is 2.09. The van der Waals surface area contributed by atoms with Gasteiger partial charge in [0.15, 0.2) is 9.84 Å². The van der Waals surface area contributed by atoms with Crippen LogP contribution in [0.4, 0.5) is 0 Å². The lowest BCUT2D eigenvalue weighted by Crippen LogP contribution is -2.48. The number of halogens is 1. The van der Waals surface area contributed by atoms with Crippen molar-refractivity contribution in [1.82, 2.24) is 0 Å². The van der Waals surface area contributed by atoms with E-state index in [9.17, 15) is 13.2 Å². The first kappa shape index (κ1) is 11.7. The van der Waals surface area contributed by atoms with E-state index in [0.717, 1.165) is 0 Å². The molecule has 1 aliphatic heterocycles. The number of hydrogen-bond donors (Lipinski definition) is 2. The molecule has 1 unspecified atom stereocenters. The van der Waals surface area contributed by atoms with Crippen molar-refractivity contribution in [2.75, 3.05) is 11.5 Å². The zero-order valence-electron chi connectivity index (χ0n) is 6.19. The molecule has 0 aromatic carbocycles. The molecule has 0 radical (unpaired) electrons. The second-order valence-electron chi connectivity index (χ2n) is 2.80. The Morgan fingerprint density at radius 1 is 1.50 bits per heavy atom. The first-order chi connectivity index (χ1) is 4.86. The molecule has 0 aromatic heterocycles. The zero-order valence-corrected chi connectivity index (χ0v) is 7.82. The van der Waals surface area contributed by atoms with Crippen LogP contribution < -0.4 is 5.73 Å². The van der Waals surface area contributed by atoms with Gasteiger partial charge in [-0.15, -0.1) is 12.4 Å². The van der Waals surface area contributed by atoms with Gasteiger partial charge in [0.1, 0.15) is 5.54 Å². The van der Waals surface area contributed by atoms with Gasteiger partial charge in [-0.1, -0.05) is 0 Å². The van der Waals surface area contributed by atoms with E-state index < -0.39 is 27.1 Å². The Balaban J connectivity index is 0.00000121. The number of carboxylic acid groups (broad SMARTS) is 1. The van der Waals surface area contributed by atoms with Crippen LogP contribution >= 0.6 is 12.4 Å². The van der Waals surface area contributed by atoms with E-state index in [0.29, 0.717) is 0 Å². The molecule has 72 valence electrons. The number of sulfone groups is 1. The van der Waals surface area contributed by atoms with Crippen LogP contribution in [0, 0.1) is 0 Å². The molecule has 1 fully saturated rings. The molecular weight excluding hydrogens is 206 g/mol. The van der Waals surface area contributed by atoms with Crippen molar-refractivity contribution in [3.8, 4) is 0 Å². The van der Waals surface area contributed by atoms with Crippen LogP contribution in [0.5, 0.6) is 0 Å². The molecule has 0 aromatic rings. The Morgan fingerprint density at radius 2 is 2.00 bits per heavy atom. The quantitative estimate of drug-likeness (QED) is 0.585. The average Bonchev–Trinajstić information content (AvgIpc) is 2.08. The molecule has 1 saturated heterocycles. The van der Waals surface area contributed by atoms with Gasteiger partial charge in [-0.3, -0.25) is 4.79 Å². The van der Waals surface area contributed by atoms with E-state index in [-0.39, 0.29) is 24.6 Å². The van der Waals surface area contributed by atoms with Gasteiger partial charge >= 0.3 is 5.97 Å². The highest BCUT2D eigenvalue weighted by atomic mass is 35.5. The van der Waals surface area contributed by atoms with Gasteiger partial charge in [0.25, 0.3) is 0 Å². The molecule has 0 bridgehead atoms. The van der Waals surface area contributed by atoms with Crippen LogP contribution in [0.3, 0.4) is 0 Å². The van der Waals surface area contributed by atoms with E-state index in [1.54, 1.807) is 0 Å². The van der Waals surface area contributed by atoms with E-state index in [1.165, 1.54) is 0 Å². The summed E-state index contributed by atoms with van der Waals surface area (Å²) in [4.78, 5) is 10.4. The molecule has 0 aliphatic carbocycles. The predicted molar refractivity (Wildman–Crippen MR) is 45.1 cm³/mol. The molecule has 7 heteroatoms. The third-order valence-electron chi connectivity index (χ3n) is 1.76. The maximum atomic E-state index is 10.8. The highest BCUT2D eigenvalue weighted by Gasteiger charge is 2.45. The molecule has 0 amide bonds. The van der Waals surface area contributed by atoms with Crippen LogP contribution in [0.2, 0.25) is 0 Å². The van der Waals surface area contributed by atoms with Crippen LogP contribution in [-0.4, -0.2) is 36.5 Å². The fraction of sp³-hybridized carbons (Fsp3) is 0.800. The normalized spacial score (nSPS) is 32.4. The van der Waals surface area contributed by atoms with Crippen molar-refractivity contribution in [2.24, 2.45) is 5.73 Å². The molecule has 1 rings (SSSR count). The second-order valence-corrected chi connectivity index (χ2v) is 4.99. The average molecular weight is 216 g/mol. The minimum Gasteiger partial charge on any atom is -0.480 e. The molecule has 12 heavy (non-hydrogen) atoms. The maximum Gasteiger partial charge on any atom is 0.324 e. The maximum absolute atomic E-state index is 10.8. The van der Waals surface area contributed by atoms with Gasteiger partial charge in [0.05, 0.1) is 11.5 Å². The molecule has 0 spiro atoms. The van der Waals surface area contributed by atoms with E-state index in [1.807, 2.05) is 0 Å². The molecule has 5 nitrogen and oxygen atoms in total. The molecule has 1 heterocycles. The third-order valence-corrected chi connectivity index (χ3v) is 3.54. The molecular formula is C5H10ClNO4S.